The van der Waals surface area contributed by atoms with E-state index in [1.807, 2.05) is 74.8 Å². The Morgan fingerprint density at radius 2 is 1.70 bits per heavy atom. The molecule has 0 fully saturated rings. The molecule has 5 aromatic rings. The minimum Gasteiger partial charge on any atom is -0.486 e. The number of benzene rings is 3. The summed E-state index contributed by atoms with van der Waals surface area (Å²) in [6, 6.07) is 21.3. The summed E-state index contributed by atoms with van der Waals surface area (Å²) < 4.78 is 30.2. The lowest BCUT2D eigenvalue weighted by Crippen LogP contribution is -2.20. The van der Waals surface area contributed by atoms with Gasteiger partial charge in [-0.05, 0) is 68.4 Å². The first-order valence-corrected chi connectivity index (χ1v) is 13.6. The molecule has 0 spiro atoms. The van der Waals surface area contributed by atoms with Crippen molar-refractivity contribution in [2.75, 3.05) is 13.2 Å². The van der Waals surface area contributed by atoms with Crippen molar-refractivity contribution < 1.29 is 13.9 Å². The fraction of sp³-hybridized carbons (Fsp3) is 0.167. The zero-order valence-electron chi connectivity index (χ0n) is 22.2. The van der Waals surface area contributed by atoms with E-state index in [4.69, 9.17) is 19.6 Å². The summed E-state index contributed by atoms with van der Waals surface area (Å²) in [4.78, 5) is 18.9. The predicted molar refractivity (Wildman–Crippen MR) is 154 cm³/mol. The first kappa shape index (κ1) is 25.6. The number of rotatable bonds is 5. The Morgan fingerprint density at radius 1 is 0.975 bits per heavy atom. The van der Waals surface area contributed by atoms with Crippen molar-refractivity contribution in [2.45, 2.75) is 13.8 Å². The predicted octanol–water partition coefficient (Wildman–Crippen LogP) is 5.43. The number of nitrogens with zero attached hydrogens (tertiary/aromatic N) is 5. The average Bonchev–Trinajstić information content (AvgIpc) is 3.46. The molecule has 0 radical (unpaired) electrons. The van der Waals surface area contributed by atoms with Crippen molar-refractivity contribution >= 4 is 22.7 Å². The Labute approximate surface area is 233 Å². The minimum absolute atomic E-state index is 0.234. The molecule has 1 aliphatic heterocycles. The number of para-hydroxylation sites is 1. The number of thiazole rings is 1. The Balaban J connectivity index is 1.52. The van der Waals surface area contributed by atoms with Crippen LogP contribution in [0.4, 0.5) is 10.1 Å². The van der Waals surface area contributed by atoms with Crippen LogP contribution in [-0.2, 0) is 7.05 Å². The largest absolute Gasteiger partial charge is 0.486 e. The molecule has 8 nitrogen and oxygen atoms in total. The van der Waals surface area contributed by atoms with Gasteiger partial charge in [0.25, 0.3) is 5.56 Å². The van der Waals surface area contributed by atoms with Gasteiger partial charge in [-0.3, -0.25) is 9.48 Å². The fourth-order valence-corrected chi connectivity index (χ4v) is 5.38. The quantitative estimate of drug-likeness (QED) is 0.272. The smallest absolute Gasteiger partial charge is 0.297 e. The van der Waals surface area contributed by atoms with Crippen LogP contribution in [-0.4, -0.2) is 33.0 Å². The van der Waals surface area contributed by atoms with Gasteiger partial charge >= 0.3 is 0 Å². The molecular formula is C30H26FN5O3S. The average molecular weight is 556 g/mol. The third kappa shape index (κ3) is 4.66. The second-order valence-electron chi connectivity index (χ2n) is 9.29. The molecule has 6 rings (SSSR count). The van der Waals surface area contributed by atoms with Gasteiger partial charge in [-0.15, -0.1) is 11.3 Å². The molecule has 0 atom stereocenters. The van der Waals surface area contributed by atoms with Crippen LogP contribution in [0.15, 0.2) is 93.1 Å². The van der Waals surface area contributed by atoms with Crippen LogP contribution in [0.5, 0.6) is 11.5 Å². The molecule has 3 aromatic carbocycles. The SMILES string of the molecule is CC(=Nn1c(-c2ccc(F)cc2)csc1=Nc1c(C)n(C)n(-c2ccccc2)c1=O)c1ccc2c(c1)OCCO2. The standard InChI is InChI=1S/C30H26FN5O3S/c1-19(22-11-14-26-27(17-22)39-16-15-38-26)33-35-25(21-9-12-23(31)13-10-21)18-40-30(35)32-28-20(2)34(3)36(29(28)37)24-7-5-4-6-8-24/h4-14,17-18H,15-16H2,1-3H3. The van der Waals surface area contributed by atoms with E-state index in [-0.39, 0.29) is 11.4 Å². The highest BCUT2D eigenvalue weighted by atomic mass is 32.1. The summed E-state index contributed by atoms with van der Waals surface area (Å²) in [6.07, 6.45) is 0. The third-order valence-electron chi connectivity index (χ3n) is 6.77. The van der Waals surface area contributed by atoms with Gasteiger partial charge in [-0.1, -0.05) is 18.2 Å². The number of halogens is 1. The molecule has 10 heteroatoms. The van der Waals surface area contributed by atoms with Crippen LogP contribution < -0.4 is 19.8 Å². The molecule has 0 N–H and O–H groups in total. The van der Waals surface area contributed by atoms with E-state index in [2.05, 4.69) is 0 Å². The normalized spacial score (nSPS) is 13.6. The van der Waals surface area contributed by atoms with Crippen molar-refractivity contribution in [3.8, 4) is 28.4 Å². The maximum absolute atomic E-state index is 13.7. The second kappa shape index (κ2) is 10.5. The lowest BCUT2D eigenvalue weighted by Gasteiger charge is -2.18. The van der Waals surface area contributed by atoms with E-state index in [0.29, 0.717) is 46.6 Å². The zero-order chi connectivity index (χ0) is 27.8. The van der Waals surface area contributed by atoms with Crippen LogP contribution in [0.3, 0.4) is 0 Å². The zero-order valence-corrected chi connectivity index (χ0v) is 23.0. The van der Waals surface area contributed by atoms with Crippen molar-refractivity contribution in [3.05, 3.63) is 110 Å². The Morgan fingerprint density at radius 3 is 2.45 bits per heavy atom. The van der Waals surface area contributed by atoms with Gasteiger partial charge in [0.05, 0.1) is 22.8 Å². The highest BCUT2D eigenvalue weighted by Crippen LogP contribution is 2.31. The maximum atomic E-state index is 13.7. The first-order valence-electron chi connectivity index (χ1n) is 12.7. The lowest BCUT2D eigenvalue weighted by molar-refractivity contribution is 0.171. The van der Waals surface area contributed by atoms with Gasteiger partial charge in [-0.2, -0.15) is 5.10 Å². The molecule has 202 valence electrons. The first-order chi connectivity index (χ1) is 19.4. The van der Waals surface area contributed by atoms with E-state index in [0.717, 1.165) is 22.5 Å². The summed E-state index contributed by atoms with van der Waals surface area (Å²) >= 11 is 1.35. The fourth-order valence-electron chi connectivity index (χ4n) is 4.55. The monoisotopic (exact) mass is 555 g/mol. The molecule has 0 bridgehead atoms. The minimum atomic E-state index is -0.326. The molecule has 0 unspecified atom stereocenters. The van der Waals surface area contributed by atoms with Gasteiger partial charge < -0.3 is 9.47 Å². The maximum Gasteiger partial charge on any atom is 0.297 e. The van der Waals surface area contributed by atoms with Crippen LogP contribution >= 0.6 is 11.3 Å². The third-order valence-corrected chi connectivity index (χ3v) is 7.58. The van der Waals surface area contributed by atoms with E-state index in [9.17, 15) is 9.18 Å². The molecule has 3 heterocycles. The van der Waals surface area contributed by atoms with Gasteiger partial charge in [0.1, 0.15) is 19.0 Å². The number of hydrogen-bond acceptors (Lipinski definition) is 6. The van der Waals surface area contributed by atoms with Crippen LogP contribution in [0.25, 0.3) is 16.9 Å². The Hall–Kier alpha value is -4.70. The van der Waals surface area contributed by atoms with Gasteiger partial charge in [0.2, 0.25) is 4.80 Å². The summed E-state index contributed by atoms with van der Waals surface area (Å²) in [6.45, 7) is 4.76. The summed E-state index contributed by atoms with van der Waals surface area (Å²) in [5.41, 5.74) is 4.58. The van der Waals surface area contributed by atoms with E-state index < -0.39 is 0 Å². The van der Waals surface area contributed by atoms with Gasteiger partial charge in [0.15, 0.2) is 17.2 Å². The highest BCUT2D eigenvalue weighted by molar-refractivity contribution is 7.07. The van der Waals surface area contributed by atoms with E-state index in [1.54, 1.807) is 26.2 Å². The Bertz CT molecular complexity index is 1860. The lowest BCUT2D eigenvalue weighted by atomic mass is 10.1. The molecule has 0 saturated carbocycles. The van der Waals surface area contributed by atoms with E-state index in [1.165, 1.54) is 23.5 Å². The number of aromatic nitrogens is 3. The molecule has 0 saturated heterocycles. The van der Waals surface area contributed by atoms with Crippen LogP contribution in [0.1, 0.15) is 18.2 Å². The molecule has 2 aromatic heterocycles. The van der Waals surface area contributed by atoms with Crippen molar-refractivity contribution in [1.29, 1.82) is 0 Å². The second-order valence-corrected chi connectivity index (χ2v) is 10.1. The van der Waals surface area contributed by atoms with Crippen molar-refractivity contribution in [1.82, 2.24) is 14.0 Å². The summed E-state index contributed by atoms with van der Waals surface area (Å²) in [5, 5.41) is 6.83. The highest BCUT2D eigenvalue weighted by Gasteiger charge is 2.18. The number of hydrogen-bond donors (Lipinski definition) is 0. The molecule has 40 heavy (non-hydrogen) atoms. The molecular weight excluding hydrogens is 529 g/mol. The van der Waals surface area contributed by atoms with Crippen molar-refractivity contribution in [3.63, 3.8) is 0 Å². The van der Waals surface area contributed by atoms with Gasteiger partial charge in [0, 0.05) is 23.6 Å². The van der Waals surface area contributed by atoms with Crippen LogP contribution in [0.2, 0.25) is 0 Å². The van der Waals surface area contributed by atoms with Crippen molar-refractivity contribution in [2.24, 2.45) is 17.1 Å². The van der Waals surface area contributed by atoms with Crippen LogP contribution in [0, 0.1) is 12.7 Å². The number of ether oxygens (including phenoxy) is 2. The van der Waals surface area contributed by atoms with Gasteiger partial charge in [-0.25, -0.2) is 18.7 Å². The summed E-state index contributed by atoms with van der Waals surface area (Å²) in [5.74, 6) is 1.04. The topological polar surface area (TPSA) is 75.0 Å². The Kier molecular flexibility index (Phi) is 6.69. The summed E-state index contributed by atoms with van der Waals surface area (Å²) in [7, 11) is 1.83. The molecule has 0 amide bonds. The number of fused-ring (bicyclic) bond motifs is 1. The van der Waals surface area contributed by atoms with E-state index >= 15 is 0 Å². The molecule has 1 aliphatic rings. The molecule has 0 aliphatic carbocycles.